The smallest absolute Gasteiger partial charge is 0.245 e. The second kappa shape index (κ2) is 9.91. The zero-order chi connectivity index (χ0) is 25.4. The van der Waals surface area contributed by atoms with Crippen molar-refractivity contribution >= 4 is 17.6 Å². The number of hydrogen-bond donors (Lipinski definition) is 1. The summed E-state index contributed by atoms with van der Waals surface area (Å²) in [5.41, 5.74) is 1.89. The van der Waals surface area contributed by atoms with E-state index in [0.717, 1.165) is 50.2 Å². The molecule has 1 aliphatic carbocycles. The van der Waals surface area contributed by atoms with Crippen LogP contribution in [-0.4, -0.2) is 62.4 Å². The van der Waals surface area contributed by atoms with Crippen LogP contribution >= 0.6 is 0 Å². The molecule has 37 heavy (non-hydrogen) atoms. The van der Waals surface area contributed by atoms with Gasteiger partial charge in [0.05, 0.1) is 17.9 Å². The highest BCUT2D eigenvalue weighted by Crippen LogP contribution is 2.41. The van der Waals surface area contributed by atoms with E-state index in [2.05, 4.69) is 25.5 Å². The van der Waals surface area contributed by atoms with Crippen molar-refractivity contribution in [3.8, 4) is 0 Å². The highest BCUT2D eigenvalue weighted by molar-refractivity contribution is 5.88. The van der Waals surface area contributed by atoms with Crippen LogP contribution in [0, 0.1) is 5.95 Å². The third kappa shape index (κ3) is 4.92. The molecule has 1 saturated carbocycles. The molecule has 3 aromatic rings. The molecule has 0 spiro atoms. The van der Waals surface area contributed by atoms with Crippen LogP contribution in [0.15, 0.2) is 48.7 Å². The van der Waals surface area contributed by atoms with Gasteiger partial charge in [-0.05, 0) is 49.7 Å². The minimum absolute atomic E-state index is 0.0299. The third-order valence-electron chi connectivity index (χ3n) is 7.51. The average molecular weight is 504 g/mol. The van der Waals surface area contributed by atoms with E-state index in [4.69, 9.17) is 0 Å². The van der Waals surface area contributed by atoms with E-state index in [1.165, 1.54) is 4.68 Å². The Kier molecular flexibility index (Phi) is 6.31. The lowest BCUT2D eigenvalue weighted by Crippen LogP contribution is -2.48. The first-order chi connectivity index (χ1) is 18.1. The Bertz CT molecular complexity index is 1290. The summed E-state index contributed by atoms with van der Waals surface area (Å²) in [5, 5.41) is 11.3. The van der Waals surface area contributed by atoms with Crippen LogP contribution < -0.4 is 10.2 Å². The maximum Gasteiger partial charge on any atom is 0.245 e. The zero-order valence-electron chi connectivity index (χ0n) is 20.6. The minimum Gasteiger partial charge on any atom is -0.354 e. The van der Waals surface area contributed by atoms with Gasteiger partial charge in [0.2, 0.25) is 17.8 Å². The molecule has 0 unspecified atom stereocenters. The molecule has 2 saturated heterocycles. The summed E-state index contributed by atoms with van der Waals surface area (Å²) < 4.78 is 16.3. The Morgan fingerprint density at radius 1 is 1.03 bits per heavy atom. The van der Waals surface area contributed by atoms with Gasteiger partial charge < -0.3 is 15.1 Å². The van der Waals surface area contributed by atoms with E-state index in [-0.39, 0.29) is 24.3 Å². The van der Waals surface area contributed by atoms with Gasteiger partial charge in [-0.1, -0.05) is 41.6 Å². The van der Waals surface area contributed by atoms with Crippen molar-refractivity contribution in [1.29, 1.82) is 0 Å². The van der Waals surface area contributed by atoms with E-state index in [1.54, 1.807) is 23.2 Å². The molecular weight excluding hydrogens is 473 g/mol. The largest absolute Gasteiger partial charge is 0.354 e. The molecule has 10 heteroatoms. The molecule has 0 bridgehead atoms. The molecule has 3 aliphatic rings. The zero-order valence-corrected chi connectivity index (χ0v) is 20.6. The van der Waals surface area contributed by atoms with Gasteiger partial charge in [0.25, 0.3) is 0 Å². The fourth-order valence-electron chi connectivity index (χ4n) is 5.15. The van der Waals surface area contributed by atoms with Gasteiger partial charge >= 0.3 is 0 Å². The summed E-state index contributed by atoms with van der Waals surface area (Å²) in [6.45, 7) is 2.43. The number of pyridine rings is 1. The van der Waals surface area contributed by atoms with E-state index in [1.807, 2.05) is 30.3 Å². The maximum atomic E-state index is 14.8. The highest BCUT2D eigenvalue weighted by atomic mass is 19.1. The van der Waals surface area contributed by atoms with Crippen LogP contribution in [0.5, 0.6) is 0 Å². The number of carbonyl (C=O) groups is 2. The van der Waals surface area contributed by atoms with Crippen LogP contribution in [0.3, 0.4) is 0 Å². The summed E-state index contributed by atoms with van der Waals surface area (Å²) >= 11 is 0. The molecule has 2 atom stereocenters. The van der Waals surface area contributed by atoms with Gasteiger partial charge in [-0.15, -0.1) is 5.10 Å². The molecule has 1 N–H and O–H groups in total. The number of halogens is 1. The molecule has 3 fully saturated rings. The number of rotatable bonds is 8. The van der Waals surface area contributed by atoms with Crippen LogP contribution in [0.4, 0.5) is 10.2 Å². The highest BCUT2D eigenvalue weighted by Gasteiger charge is 2.36. The predicted molar refractivity (Wildman–Crippen MR) is 134 cm³/mol. The Hall–Kier alpha value is -3.82. The average Bonchev–Trinajstić information content (AvgIpc) is 3.40. The number of nitrogens with one attached hydrogen (secondary N) is 1. The number of benzene rings is 1. The van der Waals surface area contributed by atoms with Gasteiger partial charge in [-0.3, -0.25) is 9.59 Å². The van der Waals surface area contributed by atoms with Crippen molar-refractivity contribution in [2.24, 2.45) is 0 Å². The SMILES string of the molecule is O=C(N[C@@H](c1ccccc1)c1ccc(C2CC2)c(F)n1)[C@@H]1CCCN1C(=O)Cn1cc(N2CCC2)nn1. The standard InChI is InChI=1S/C27H30FN7O2/c28-26-20(18-9-10-18)11-12-21(29-26)25(19-6-2-1-3-7-19)30-27(37)22-8-4-15-35(22)24(36)17-34-16-23(31-32-34)33-13-5-14-33/h1-3,6-7,11-12,16,18,22,25H,4-5,8-10,13-15,17H2,(H,30,37)/t22-,25-/m0/s1. The van der Waals surface area contributed by atoms with Crippen molar-refractivity contribution in [3.05, 3.63) is 71.4 Å². The van der Waals surface area contributed by atoms with Gasteiger partial charge in [0, 0.05) is 25.2 Å². The summed E-state index contributed by atoms with van der Waals surface area (Å²) in [4.78, 5) is 34.6. The maximum absolute atomic E-state index is 14.8. The molecule has 1 aromatic carbocycles. The quantitative estimate of drug-likeness (QED) is 0.475. The molecule has 192 valence electrons. The first-order valence-electron chi connectivity index (χ1n) is 13.0. The van der Waals surface area contributed by atoms with Crippen LogP contribution in [0.25, 0.3) is 0 Å². The van der Waals surface area contributed by atoms with Crippen molar-refractivity contribution < 1.29 is 14.0 Å². The second-order valence-corrected chi connectivity index (χ2v) is 10.1. The fourth-order valence-corrected chi connectivity index (χ4v) is 5.15. The van der Waals surface area contributed by atoms with Crippen molar-refractivity contribution in [1.82, 2.24) is 30.2 Å². The minimum atomic E-state index is -0.622. The number of carbonyl (C=O) groups excluding carboxylic acids is 2. The number of likely N-dealkylation sites (tertiary alicyclic amines) is 1. The van der Waals surface area contributed by atoms with Gasteiger partial charge in [-0.2, -0.15) is 4.39 Å². The Labute approximate surface area is 214 Å². The molecule has 2 amide bonds. The lowest BCUT2D eigenvalue weighted by molar-refractivity contribution is -0.139. The molecular formula is C27H30FN7O2. The van der Waals surface area contributed by atoms with Crippen LogP contribution in [-0.2, 0) is 16.1 Å². The van der Waals surface area contributed by atoms with Gasteiger partial charge in [0.1, 0.15) is 12.6 Å². The van der Waals surface area contributed by atoms with E-state index >= 15 is 0 Å². The lowest BCUT2D eigenvalue weighted by Gasteiger charge is -2.30. The molecule has 4 heterocycles. The molecule has 2 aromatic heterocycles. The summed E-state index contributed by atoms with van der Waals surface area (Å²) in [7, 11) is 0. The number of aromatic nitrogens is 4. The predicted octanol–water partition coefficient (Wildman–Crippen LogP) is 2.80. The Morgan fingerprint density at radius 2 is 1.84 bits per heavy atom. The van der Waals surface area contributed by atoms with Crippen molar-refractivity contribution in [2.75, 3.05) is 24.5 Å². The monoisotopic (exact) mass is 503 g/mol. The van der Waals surface area contributed by atoms with E-state index in [0.29, 0.717) is 24.2 Å². The van der Waals surface area contributed by atoms with E-state index < -0.39 is 18.0 Å². The summed E-state index contributed by atoms with van der Waals surface area (Å²) in [6, 6.07) is 11.8. The van der Waals surface area contributed by atoms with Crippen molar-refractivity contribution in [3.63, 3.8) is 0 Å². The first kappa shape index (κ1) is 23.6. The first-order valence-corrected chi connectivity index (χ1v) is 13.0. The van der Waals surface area contributed by atoms with Crippen LogP contribution in [0.1, 0.15) is 60.9 Å². The molecule has 2 aliphatic heterocycles. The third-order valence-corrected chi connectivity index (χ3v) is 7.51. The molecule has 0 radical (unpaired) electrons. The molecule has 9 nitrogen and oxygen atoms in total. The number of hydrogen-bond acceptors (Lipinski definition) is 6. The van der Waals surface area contributed by atoms with Crippen LogP contribution in [0.2, 0.25) is 0 Å². The Balaban J connectivity index is 1.18. The number of nitrogens with zero attached hydrogens (tertiary/aromatic N) is 6. The topological polar surface area (TPSA) is 96.2 Å². The Morgan fingerprint density at radius 3 is 2.54 bits per heavy atom. The van der Waals surface area contributed by atoms with Crippen molar-refractivity contribution in [2.45, 2.75) is 56.7 Å². The fraction of sp³-hybridized carbons (Fsp3) is 0.444. The molecule has 6 rings (SSSR count). The van der Waals surface area contributed by atoms with Gasteiger partial charge in [0.15, 0.2) is 5.82 Å². The summed E-state index contributed by atoms with van der Waals surface area (Å²) in [5.74, 6) is 0.0995. The second-order valence-electron chi connectivity index (χ2n) is 10.1. The number of amides is 2. The van der Waals surface area contributed by atoms with E-state index in [9.17, 15) is 14.0 Å². The lowest BCUT2D eigenvalue weighted by atomic mass is 10.0. The number of anilines is 1. The summed E-state index contributed by atoms with van der Waals surface area (Å²) in [6.07, 6.45) is 6.18. The normalized spacial score (nSPS) is 20.0. The van der Waals surface area contributed by atoms with Gasteiger partial charge in [-0.25, -0.2) is 9.67 Å².